The number of halogens is 1. The van der Waals surface area contributed by atoms with Gasteiger partial charge in [0.15, 0.2) is 0 Å². The highest BCUT2D eigenvalue weighted by molar-refractivity contribution is 9.10. The van der Waals surface area contributed by atoms with Gasteiger partial charge in [0, 0.05) is 11.3 Å². The van der Waals surface area contributed by atoms with Crippen molar-refractivity contribution in [2.24, 2.45) is 0 Å². The van der Waals surface area contributed by atoms with Crippen LogP contribution in [0.1, 0.15) is 38.4 Å². The van der Waals surface area contributed by atoms with E-state index >= 15 is 0 Å². The number of rotatable bonds is 4. The quantitative estimate of drug-likeness (QED) is 0.924. The van der Waals surface area contributed by atoms with Crippen molar-refractivity contribution in [2.45, 2.75) is 44.0 Å². The zero-order chi connectivity index (χ0) is 12.5. The van der Waals surface area contributed by atoms with Crippen LogP contribution in [0.15, 0.2) is 10.7 Å². The van der Waals surface area contributed by atoms with Gasteiger partial charge in [0.2, 0.25) is 0 Å². The van der Waals surface area contributed by atoms with E-state index in [9.17, 15) is 0 Å². The lowest BCUT2D eigenvalue weighted by molar-refractivity contribution is 0.408. The van der Waals surface area contributed by atoms with Crippen molar-refractivity contribution < 1.29 is 0 Å². The van der Waals surface area contributed by atoms with Crippen LogP contribution in [0.5, 0.6) is 0 Å². The van der Waals surface area contributed by atoms with E-state index in [0.717, 1.165) is 11.0 Å². The van der Waals surface area contributed by atoms with Gasteiger partial charge in [0.25, 0.3) is 0 Å². The number of hydrogen-bond acceptors (Lipinski definition) is 3. The highest BCUT2D eigenvalue weighted by Gasteiger charge is 2.40. The summed E-state index contributed by atoms with van der Waals surface area (Å²) in [6.45, 7) is 5.42. The lowest BCUT2D eigenvalue weighted by atomic mass is 9.93. The topological polar surface area (TPSA) is 29.9 Å². The van der Waals surface area contributed by atoms with Gasteiger partial charge < -0.3 is 5.32 Å². The van der Waals surface area contributed by atoms with E-state index in [1.807, 2.05) is 13.2 Å². The summed E-state index contributed by atoms with van der Waals surface area (Å²) in [7, 11) is 2.05. The van der Waals surface area contributed by atoms with Gasteiger partial charge in [-0.25, -0.2) is 0 Å². The highest BCUT2D eigenvalue weighted by Crippen LogP contribution is 2.47. The molecule has 3 nitrogen and oxygen atoms in total. The van der Waals surface area contributed by atoms with E-state index in [2.05, 4.69) is 56.6 Å². The lowest BCUT2D eigenvalue weighted by Crippen LogP contribution is -2.37. The van der Waals surface area contributed by atoms with Crippen LogP contribution in [0.25, 0.3) is 0 Å². The smallest absolute Gasteiger partial charge is 0.0709 e. The van der Waals surface area contributed by atoms with Crippen LogP contribution >= 0.6 is 27.7 Å². The maximum Gasteiger partial charge on any atom is 0.0709 e. The number of hydrogen-bond donors (Lipinski definition) is 1. The first kappa shape index (κ1) is 13.4. The molecule has 2 rings (SSSR count). The largest absolute Gasteiger partial charge is 0.311 e. The second-order valence-electron chi connectivity index (χ2n) is 4.68. The first-order valence-corrected chi connectivity index (χ1v) is 7.92. The Kier molecular flexibility index (Phi) is 4.21. The summed E-state index contributed by atoms with van der Waals surface area (Å²) in [4.78, 5) is 0. The first-order chi connectivity index (χ1) is 8.12. The van der Waals surface area contributed by atoms with Gasteiger partial charge >= 0.3 is 0 Å². The number of aryl methyl sites for hydroxylation is 1. The van der Waals surface area contributed by atoms with Gasteiger partial charge in [-0.1, -0.05) is 0 Å². The van der Waals surface area contributed by atoms with Crippen LogP contribution in [-0.4, -0.2) is 27.3 Å². The van der Waals surface area contributed by atoms with Gasteiger partial charge in [-0.3, -0.25) is 4.68 Å². The minimum atomic E-state index is 0.282. The van der Waals surface area contributed by atoms with Crippen molar-refractivity contribution >= 4 is 27.7 Å². The van der Waals surface area contributed by atoms with Crippen molar-refractivity contribution in [3.05, 3.63) is 16.4 Å². The molecule has 1 saturated heterocycles. The molecule has 1 aliphatic heterocycles. The third kappa shape index (κ3) is 2.42. The Hall–Kier alpha value is -0.0000000000000000555. The first-order valence-electron chi connectivity index (χ1n) is 6.15. The molecule has 0 amide bonds. The molecule has 2 atom stereocenters. The molecule has 1 aliphatic rings. The number of nitrogens with zero attached hydrogens (tertiary/aromatic N) is 2. The maximum atomic E-state index is 4.43. The van der Waals surface area contributed by atoms with E-state index in [-0.39, 0.29) is 4.75 Å². The Labute approximate surface area is 116 Å². The van der Waals surface area contributed by atoms with E-state index < -0.39 is 0 Å². The molecule has 0 bridgehead atoms. The van der Waals surface area contributed by atoms with Gasteiger partial charge in [-0.05, 0) is 55.4 Å². The van der Waals surface area contributed by atoms with Crippen molar-refractivity contribution in [3.63, 3.8) is 0 Å². The molecular formula is C12H20BrN3S. The lowest BCUT2D eigenvalue weighted by Gasteiger charge is -2.33. The molecule has 96 valence electrons. The van der Waals surface area contributed by atoms with Crippen LogP contribution in [0.4, 0.5) is 0 Å². The summed E-state index contributed by atoms with van der Waals surface area (Å²) >= 11 is 5.72. The van der Waals surface area contributed by atoms with Gasteiger partial charge in [0.05, 0.1) is 22.4 Å². The molecule has 1 N–H and O–H groups in total. The average Bonchev–Trinajstić information content (AvgIpc) is 2.89. The fraction of sp³-hybridized carbons (Fsp3) is 0.750. The summed E-state index contributed by atoms with van der Waals surface area (Å²) in [5, 5.41) is 7.92. The summed E-state index contributed by atoms with van der Waals surface area (Å²) in [5.41, 5.74) is 1.28. The Bertz CT molecular complexity index is 385. The van der Waals surface area contributed by atoms with Crippen molar-refractivity contribution in [1.29, 1.82) is 0 Å². The molecule has 5 heteroatoms. The Morgan fingerprint density at radius 1 is 1.71 bits per heavy atom. The molecular weight excluding hydrogens is 298 g/mol. The van der Waals surface area contributed by atoms with Gasteiger partial charge in [0.1, 0.15) is 0 Å². The second-order valence-corrected chi connectivity index (χ2v) is 7.16. The summed E-state index contributed by atoms with van der Waals surface area (Å²) in [5.74, 6) is 1.27. The van der Waals surface area contributed by atoms with E-state index in [0.29, 0.717) is 6.04 Å². The normalized spacial score (nSPS) is 26.4. The average molecular weight is 318 g/mol. The minimum Gasteiger partial charge on any atom is -0.311 e. The van der Waals surface area contributed by atoms with Crippen LogP contribution in [0.3, 0.4) is 0 Å². The number of nitrogens with one attached hydrogen (secondary N) is 1. The van der Waals surface area contributed by atoms with Crippen LogP contribution in [0.2, 0.25) is 0 Å². The van der Waals surface area contributed by atoms with Crippen LogP contribution < -0.4 is 5.32 Å². The molecule has 2 heterocycles. The van der Waals surface area contributed by atoms with Gasteiger partial charge in [-0.15, -0.1) is 0 Å². The minimum absolute atomic E-state index is 0.282. The maximum absolute atomic E-state index is 4.43. The van der Waals surface area contributed by atoms with Crippen LogP contribution in [-0.2, 0) is 6.54 Å². The molecule has 0 saturated carbocycles. The second kappa shape index (κ2) is 5.33. The van der Waals surface area contributed by atoms with Crippen LogP contribution in [0, 0.1) is 0 Å². The molecule has 1 fully saturated rings. The number of thioether (sulfide) groups is 1. The molecule has 2 unspecified atom stereocenters. The highest BCUT2D eigenvalue weighted by atomic mass is 79.9. The molecule has 0 aromatic carbocycles. The van der Waals surface area contributed by atoms with Crippen molar-refractivity contribution in [3.8, 4) is 0 Å². The zero-order valence-electron chi connectivity index (χ0n) is 10.7. The molecule has 1 aromatic heterocycles. The molecule has 1 aromatic rings. The molecule has 0 aliphatic carbocycles. The number of aromatic nitrogens is 2. The summed E-state index contributed by atoms with van der Waals surface area (Å²) in [6, 6.07) is 0.354. The Balaban J connectivity index is 2.37. The fourth-order valence-electron chi connectivity index (χ4n) is 2.67. The zero-order valence-corrected chi connectivity index (χ0v) is 13.1. The van der Waals surface area contributed by atoms with Gasteiger partial charge in [-0.2, -0.15) is 16.9 Å². The predicted molar refractivity (Wildman–Crippen MR) is 77.5 cm³/mol. The monoisotopic (exact) mass is 317 g/mol. The Morgan fingerprint density at radius 2 is 2.47 bits per heavy atom. The Morgan fingerprint density at radius 3 is 3.00 bits per heavy atom. The standard InChI is InChI=1S/C12H20BrN3S/c1-4-16-10(9(13)8-15-16)11(14-3)12(2)6-5-7-17-12/h8,11,14H,4-7H2,1-3H3. The van der Waals surface area contributed by atoms with Crippen molar-refractivity contribution in [2.75, 3.05) is 12.8 Å². The SMILES string of the molecule is CCn1ncc(Br)c1C(NC)C1(C)CCCS1. The van der Waals surface area contributed by atoms with Crippen molar-refractivity contribution in [1.82, 2.24) is 15.1 Å². The summed E-state index contributed by atoms with van der Waals surface area (Å²) < 4.78 is 3.49. The molecule has 17 heavy (non-hydrogen) atoms. The third-order valence-corrected chi connectivity index (χ3v) is 5.76. The summed E-state index contributed by atoms with van der Waals surface area (Å²) in [6.07, 6.45) is 4.49. The van der Waals surface area contributed by atoms with E-state index in [1.54, 1.807) is 0 Å². The fourth-order valence-corrected chi connectivity index (χ4v) is 4.64. The van der Waals surface area contributed by atoms with E-state index in [1.165, 1.54) is 24.3 Å². The molecule has 0 radical (unpaired) electrons. The predicted octanol–water partition coefficient (Wildman–Crippen LogP) is 3.21. The van der Waals surface area contributed by atoms with E-state index in [4.69, 9.17) is 0 Å². The molecule has 0 spiro atoms. The third-order valence-electron chi connectivity index (χ3n) is 3.55.